The Hall–Kier alpha value is -2.86. The van der Waals surface area contributed by atoms with Gasteiger partial charge >= 0.3 is 0 Å². The molecule has 1 fully saturated rings. The summed E-state index contributed by atoms with van der Waals surface area (Å²) in [4.78, 5) is 27.9. The highest BCUT2D eigenvalue weighted by molar-refractivity contribution is 6.05. The van der Waals surface area contributed by atoms with E-state index >= 15 is 0 Å². The number of amides is 1. The number of carbonyl (C=O) groups excluding carboxylic acids is 1. The number of aromatic nitrogens is 3. The van der Waals surface area contributed by atoms with Crippen LogP contribution in [0.4, 0.5) is 0 Å². The second-order valence-corrected chi connectivity index (χ2v) is 6.34. The molecular formula is C20H20N4O2. The number of morpholine rings is 1. The fraction of sp³-hybridized carbons (Fsp3) is 0.300. The summed E-state index contributed by atoms with van der Waals surface area (Å²) in [6, 6.07) is 9.79. The van der Waals surface area contributed by atoms with Crippen LogP contribution in [0, 0.1) is 0 Å². The van der Waals surface area contributed by atoms with Crippen molar-refractivity contribution in [2.45, 2.75) is 18.9 Å². The van der Waals surface area contributed by atoms with E-state index in [2.05, 4.69) is 15.0 Å². The normalized spacial score (nSPS) is 17.4. The minimum atomic E-state index is -0.0331. The van der Waals surface area contributed by atoms with Crippen LogP contribution in [0.25, 0.3) is 10.8 Å². The molecule has 6 nitrogen and oxygen atoms in total. The average Bonchev–Trinajstić information content (AvgIpc) is 2.72. The van der Waals surface area contributed by atoms with Gasteiger partial charge in [-0.2, -0.15) is 0 Å². The van der Waals surface area contributed by atoms with Gasteiger partial charge in [-0.05, 0) is 24.3 Å². The summed E-state index contributed by atoms with van der Waals surface area (Å²) in [5.74, 6) is -0.0331. The number of aryl methyl sites for hydroxylation is 1. The van der Waals surface area contributed by atoms with Crippen molar-refractivity contribution in [3.63, 3.8) is 0 Å². The number of fused-ring (bicyclic) bond motifs is 1. The first-order valence-electron chi connectivity index (χ1n) is 8.80. The maximum atomic E-state index is 13.2. The Bertz CT molecular complexity index is 895. The summed E-state index contributed by atoms with van der Waals surface area (Å²) in [7, 11) is 0. The minimum absolute atomic E-state index is 0.0130. The number of hydrogen-bond donors (Lipinski definition) is 0. The minimum Gasteiger partial charge on any atom is -0.377 e. The lowest BCUT2D eigenvalue weighted by Crippen LogP contribution is -2.49. The summed E-state index contributed by atoms with van der Waals surface area (Å²) in [6.45, 7) is 1.67. The first kappa shape index (κ1) is 16.6. The lowest BCUT2D eigenvalue weighted by molar-refractivity contribution is -0.00432. The summed E-state index contributed by atoms with van der Waals surface area (Å²) in [5.41, 5.74) is 1.43. The lowest BCUT2D eigenvalue weighted by atomic mass is 10.0. The topological polar surface area (TPSA) is 68.2 Å². The van der Waals surface area contributed by atoms with Gasteiger partial charge in [0, 0.05) is 36.7 Å². The van der Waals surface area contributed by atoms with Gasteiger partial charge in [0.15, 0.2) is 0 Å². The first-order valence-corrected chi connectivity index (χ1v) is 8.80. The van der Waals surface area contributed by atoms with Crippen LogP contribution in [0.5, 0.6) is 0 Å². The van der Waals surface area contributed by atoms with Crippen molar-refractivity contribution in [2.75, 3.05) is 19.8 Å². The molecule has 3 heterocycles. The average molecular weight is 348 g/mol. The number of carbonyl (C=O) groups is 1. The molecule has 26 heavy (non-hydrogen) atoms. The van der Waals surface area contributed by atoms with Gasteiger partial charge in [-0.25, -0.2) is 0 Å². The molecule has 132 valence electrons. The van der Waals surface area contributed by atoms with E-state index in [-0.39, 0.29) is 11.9 Å². The molecule has 2 aromatic heterocycles. The molecule has 1 atom stereocenters. The zero-order valence-corrected chi connectivity index (χ0v) is 14.4. The number of benzene rings is 1. The van der Waals surface area contributed by atoms with E-state index in [1.165, 1.54) is 0 Å². The second kappa shape index (κ2) is 7.58. The smallest absolute Gasteiger partial charge is 0.273 e. The third kappa shape index (κ3) is 3.41. The van der Waals surface area contributed by atoms with Crippen LogP contribution in [-0.4, -0.2) is 51.6 Å². The van der Waals surface area contributed by atoms with Gasteiger partial charge in [-0.3, -0.25) is 19.7 Å². The van der Waals surface area contributed by atoms with Gasteiger partial charge in [0.2, 0.25) is 0 Å². The largest absolute Gasteiger partial charge is 0.377 e. The Morgan fingerprint density at radius 2 is 2.08 bits per heavy atom. The Morgan fingerprint density at radius 1 is 1.15 bits per heavy atom. The van der Waals surface area contributed by atoms with Crippen LogP contribution in [0.2, 0.25) is 0 Å². The van der Waals surface area contributed by atoms with Gasteiger partial charge in [0.05, 0.1) is 24.9 Å². The predicted octanol–water partition coefficient (Wildman–Crippen LogP) is 2.50. The molecule has 6 heteroatoms. The standard InChI is InChI=1S/C20H20N4O2/c25-20(19-18-4-2-1-3-15(18)7-8-23-19)24-11-12-26-14-17(24)6-5-16-13-21-9-10-22-16/h1-4,7-10,13,17H,5-6,11-12,14H2. The highest BCUT2D eigenvalue weighted by Gasteiger charge is 2.29. The molecular weight excluding hydrogens is 328 g/mol. The first-order chi connectivity index (χ1) is 12.8. The van der Waals surface area contributed by atoms with Gasteiger partial charge in [0.1, 0.15) is 5.69 Å². The summed E-state index contributed by atoms with van der Waals surface area (Å²) >= 11 is 0. The maximum Gasteiger partial charge on any atom is 0.273 e. The molecule has 1 unspecified atom stereocenters. The van der Waals surface area contributed by atoms with Crippen molar-refractivity contribution in [3.8, 4) is 0 Å². The van der Waals surface area contributed by atoms with Gasteiger partial charge < -0.3 is 9.64 Å². The highest BCUT2D eigenvalue weighted by Crippen LogP contribution is 2.21. The van der Waals surface area contributed by atoms with Crippen LogP contribution >= 0.6 is 0 Å². The van der Waals surface area contributed by atoms with Crippen molar-refractivity contribution >= 4 is 16.7 Å². The van der Waals surface area contributed by atoms with Crippen molar-refractivity contribution in [2.24, 2.45) is 0 Å². The molecule has 1 aliphatic heterocycles. The molecule has 0 N–H and O–H groups in total. The summed E-state index contributed by atoms with van der Waals surface area (Å²) in [5, 5.41) is 1.91. The quantitative estimate of drug-likeness (QED) is 0.725. The lowest BCUT2D eigenvalue weighted by Gasteiger charge is -2.35. The molecule has 0 bridgehead atoms. The Kier molecular flexibility index (Phi) is 4.84. The Balaban J connectivity index is 1.56. The van der Waals surface area contributed by atoms with Gasteiger partial charge in [-0.1, -0.05) is 24.3 Å². The third-order valence-corrected chi connectivity index (χ3v) is 4.71. The van der Waals surface area contributed by atoms with Crippen molar-refractivity contribution in [1.29, 1.82) is 0 Å². The Labute approximate surface area is 151 Å². The second-order valence-electron chi connectivity index (χ2n) is 6.34. The summed E-state index contributed by atoms with van der Waals surface area (Å²) in [6.07, 6.45) is 8.36. The zero-order chi connectivity index (χ0) is 17.8. The molecule has 0 aliphatic carbocycles. The highest BCUT2D eigenvalue weighted by atomic mass is 16.5. The van der Waals surface area contributed by atoms with E-state index in [0.717, 1.165) is 29.3 Å². The number of ether oxygens (including phenoxy) is 1. The van der Waals surface area contributed by atoms with Crippen molar-refractivity contribution in [1.82, 2.24) is 19.9 Å². The third-order valence-electron chi connectivity index (χ3n) is 4.71. The molecule has 1 amide bonds. The number of nitrogens with zero attached hydrogens (tertiary/aromatic N) is 4. The van der Waals surface area contributed by atoms with Crippen LogP contribution in [0.1, 0.15) is 22.6 Å². The number of pyridine rings is 1. The molecule has 0 saturated carbocycles. The molecule has 4 rings (SSSR count). The molecule has 3 aromatic rings. The van der Waals surface area contributed by atoms with Crippen LogP contribution in [0.15, 0.2) is 55.1 Å². The van der Waals surface area contributed by atoms with E-state index in [1.54, 1.807) is 24.8 Å². The number of rotatable bonds is 4. The van der Waals surface area contributed by atoms with E-state index in [1.807, 2.05) is 35.2 Å². The van der Waals surface area contributed by atoms with Crippen LogP contribution in [0.3, 0.4) is 0 Å². The molecule has 1 aromatic carbocycles. The van der Waals surface area contributed by atoms with Crippen LogP contribution < -0.4 is 0 Å². The SMILES string of the molecule is O=C(c1nccc2ccccc12)N1CCOCC1CCc1cnccn1. The Morgan fingerprint density at radius 3 is 2.96 bits per heavy atom. The fourth-order valence-electron chi connectivity index (χ4n) is 3.36. The van der Waals surface area contributed by atoms with E-state index in [0.29, 0.717) is 25.5 Å². The molecule has 0 spiro atoms. The number of hydrogen-bond acceptors (Lipinski definition) is 5. The molecule has 0 radical (unpaired) electrons. The van der Waals surface area contributed by atoms with E-state index < -0.39 is 0 Å². The van der Waals surface area contributed by atoms with Crippen LogP contribution in [-0.2, 0) is 11.2 Å². The fourth-order valence-corrected chi connectivity index (χ4v) is 3.36. The van der Waals surface area contributed by atoms with Gasteiger partial charge in [0.25, 0.3) is 5.91 Å². The van der Waals surface area contributed by atoms with E-state index in [9.17, 15) is 4.79 Å². The zero-order valence-electron chi connectivity index (χ0n) is 14.4. The van der Waals surface area contributed by atoms with E-state index in [4.69, 9.17) is 4.74 Å². The summed E-state index contributed by atoms with van der Waals surface area (Å²) < 4.78 is 5.62. The van der Waals surface area contributed by atoms with Gasteiger partial charge in [-0.15, -0.1) is 0 Å². The maximum absolute atomic E-state index is 13.2. The molecule has 1 saturated heterocycles. The monoisotopic (exact) mass is 348 g/mol. The van der Waals surface area contributed by atoms with Crippen molar-refractivity contribution < 1.29 is 9.53 Å². The van der Waals surface area contributed by atoms with Crippen molar-refractivity contribution in [3.05, 3.63) is 66.5 Å². The molecule has 1 aliphatic rings. The predicted molar refractivity (Wildman–Crippen MR) is 97.7 cm³/mol.